The van der Waals surface area contributed by atoms with Gasteiger partial charge in [0.25, 0.3) is 6.01 Å². The number of aromatic nitrogens is 5. The molecular formula is C23H30N8O4. The Morgan fingerprint density at radius 3 is 2.86 bits per heavy atom. The number of fused-ring (bicyclic) bond motifs is 2. The first kappa shape index (κ1) is 24.4. The van der Waals surface area contributed by atoms with E-state index in [2.05, 4.69) is 20.3 Å². The first-order valence-corrected chi connectivity index (χ1v) is 11.6. The second kappa shape index (κ2) is 11.6. The Kier molecular flexibility index (Phi) is 8.06. The number of nitrogens with two attached hydrogens (primary N) is 2. The van der Waals surface area contributed by atoms with E-state index in [1.165, 1.54) is 6.33 Å². The normalized spacial score (nSPS) is 11.5. The average Bonchev–Trinajstić information content (AvgIpc) is 3.41. The molecule has 0 aliphatic carbocycles. The van der Waals surface area contributed by atoms with Gasteiger partial charge in [-0.3, -0.25) is 4.79 Å². The van der Waals surface area contributed by atoms with Gasteiger partial charge in [-0.25, -0.2) is 14.6 Å². The van der Waals surface area contributed by atoms with Gasteiger partial charge in [-0.15, -0.1) is 0 Å². The lowest BCUT2D eigenvalue weighted by molar-refractivity contribution is -0.122. The molecule has 0 fully saturated rings. The Morgan fingerprint density at radius 2 is 2.00 bits per heavy atom. The molecule has 0 saturated heterocycles. The quantitative estimate of drug-likeness (QED) is 0.240. The van der Waals surface area contributed by atoms with Crippen molar-refractivity contribution in [2.75, 3.05) is 44.4 Å². The number of benzene rings is 1. The van der Waals surface area contributed by atoms with E-state index in [0.717, 1.165) is 18.4 Å². The summed E-state index contributed by atoms with van der Waals surface area (Å²) in [6, 6.07) is 5.63. The summed E-state index contributed by atoms with van der Waals surface area (Å²) in [7, 11) is 0. The summed E-state index contributed by atoms with van der Waals surface area (Å²) in [6.45, 7) is 5.20. The predicted octanol–water partition coefficient (Wildman–Crippen LogP) is 2.14. The average molecular weight is 483 g/mol. The zero-order valence-corrected chi connectivity index (χ0v) is 19.7. The van der Waals surface area contributed by atoms with Crippen molar-refractivity contribution in [3.8, 4) is 11.3 Å². The van der Waals surface area contributed by atoms with Gasteiger partial charge in [0, 0.05) is 31.7 Å². The lowest BCUT2D eigenvalue weighted by Crippen LogP contribution is -2.25. The van der Waals surface area contributed by atoms with Gasteiger partial charge in [0.05, 0.1) is 25.2 Å². The number of hydrogen-bond donors (Lipinski definition) is 3. The van der Waals surface area contributed by atoms with Crippen LogP contribution in [0.4, 0.5) is 11.8 Å². The Morgan fingerprint density at radius 1 is 1.14 bits per heavy atom. The molecule has 0 aliphatic rings. The number of nitrogen functional groups attached to an aromatic ring is 2. The lowest BCUT2D eigenvalue weighted by atomic mass is 10.1. The van der Waals surface area contributed by atoms with Gasteiger partial charge in [0.2, 0.25) is 5.91 Å². The molecule has 0 aliphatic heterocycles. The molecule has 3 aromatic heterocycles. The van der Waals surface area contributed by atoms with Crippen molar-refractivity contribution in [3.05, 3.63) is 24.5 Å². The summed E-state index contributed by atoms with van der Waals surface area (Å²) in [5.74, 6) is 0.324. The van der Waals surface area contributed by atoms with Crippen LogP contribution in [0.1, 0.15) is 26.2 Å². The zero-order valence-electron chi connectivity index (χ0n) is 19.7. The number of carbonyl (C=O) groups excluding carboxylic acids is 1. The van der Waals surface area contributed by atoms with E-state index in [-0.39, 0.29) is 11.9 Å². The number of anilines is 2. The number of nitrogens with one attached hydrogen (secondary N) is 1. The molecule has 35 heavy (non-hydrogen) atoms. The van der Waals surface area contributed by atoms with Crippen LogP contribution in [0, 0.1) is 0 Å². The Labute approximate surface area is 202 Å². The van der Waals surface area contributed by atoms with Gasteiger partial charge in [0.1, 0.15) is 23.4 Å². The molecule has 0 unspecified atom stereocenters. The smallest absolute Gasteiger partial charge is 0.292 e. The minimum absolute atomic E-state index is 0.0300. The van der Waals surface area contributed by atoms with Crippen LogP contribution in [0.2, 0.25) is 0 Å². The van der Waals surface area contributed by atoms with Gasteiger partial charge >= 0.3 is 0 Å². The van der Waals surface area contributed by atoms with Crippen LogP contribution < -0.4 is 16.8 Å². The molecule has 0 spiro atoms. The molecule has 0 atom stereocenters. The second-order valence-electron chi connectivity index (χ2n) is 7.88. The molecule has 0 bridgehead atoms. The Hall–Kier alpha value is -3.77. The number of oxazole rings is 1. The largest absolute Gasteiger partial charge is 0.424 e. The van der Waals surface area contributed by atoms with Crippen molar-refractivity contribution >= 4 is 39.9 Å². The van der Waals surface area contributed by atoms with E-state index in [1.807, 2.05) is 23.7 Å². The number of hydrogen-bond acceptors (Lipinski definition) is 10. The van der Waals surface area contributed by atoms with Crippen LogP contribution in [-0.2, 0) is 20.8 Å². The molecule has 3 heterocycles. The SMILES string of the molecule is CCOCCOCCC(=O)NCCCCn1nc(-c2ccc3oc(N)nc3c2)c2c(N)ncnc21. The lowest BCUT2D eigenvalue weighted by Gasteiger charge is -2.07. The number of nitrogens with zero attached hydrogens (tertiary/aromatic N) is 5. The maximum Gasteiger partial charge on any atom is 0.292 e. The zero-order chi connectivity index (χ0) is 24.6. The van der Waals surface area contributed by atoms with Crippen LogP contribution in [0.25, 0.3) is 33.4 Å². The number of aryl methyl sites for hydroxylation is 1. The van der Waals surface area contributed by atoms with E-state index in [0.29, 0.717) is 79.6 Å². The van der Waals surface area contributed by atoms with E-state index >= 15 is 0 Å². The van der Waals surface area contributed by atoms with Gasteiger partial charge in [-0.1, -0.05) is 0 Å². The molecule has 12 nitrogen and oxygen atoms in total. The van der Waals surface area contributed by atoms with E-state index in [4.69, 9.17) is 30.5 Å². The number of amides is 1. The molecule has 12 heteroatoms. The molecule has 0 radical (unpaired) electrons. The Bertz CT molecular complexity index is 1290. The van der Waals surface area contributed by atoms with Crippen molar-refractivity contribution in [2.24, 2.45) is 0 Å². The molecule has 0 saturated carbocycles. The number of ether oxygens (including phenoxy) is 2. The van der Waals surface area contributed by atoms with E-state index < -0.39 is 0 Å². The fourth-order valence-corrected chi connectivity index (χ4v) is 3.71. The third kappa shape index (κ3) is 6.03. The Balaban J connectivity index is 1.34. The van der Waals surface area contributed by atoms with Gasteiger partial charge < -0.3 is 30.7 Å². The first-order chi connectivity index (χ1) is 17.1. The highest BCUT2D eigenvalue weighted by Crippen LogP contribution is 2.32. The predicted molar refractivity (Wildman–Crippen MR) is 131 cm³/mol. The second-order valence-corrected chi connectivity index (χ2v) is 7.88. The molecule has 1 amide bonds. The summed E-state index contributed by atoms with van der Waals surface area (Å²) in [6.07, 6.45) is 3.34. The molecular weight excluding hydrogens is 452 g/mol. The number of carbonyl (C=O) groups is 1. The highest BCUT2D eigenvalue weighted by atomic mass is 16.5. The van der Waals surface area contributed by atoms with Crippen molar-refractivity contribution in [2.45, 2.75) is 32.7 Å². The highest BCUT2D eigenvalue weighted by Gasteiger charge is 2.18. The van der Waals surface area contributed by atoms with Gasteiger partial charge in [-0.05, 0) is 38.0 Å². The monoisotopic (exact) mass is 482 g/mol. The molecule has 4 aromatic rings. The van der Waals surface area contributed by atoms with Crippen molar-refractivity contribution in [1.82, 2.24) is 30.0 Å². The minimum atomic E-state index is -0.0300. The third-order valence-electron chi connectivity index (χ3n) is 5.40. The first-order valence-electron chi connectivity index (χ1n) is 11.6. The van der Waals surface area contributed by atoms with Crippen LogP contribution in [0.3, 0.4) is 0 Å². The summed E-state index contributed by atoms with van der Waals surface area (Å²) in [5.41, 5.74) is 15.2. The summed E-state index contributed by atoms with van der Waals surface area (Å²) < 4.78 is 17.7. The summed E-state index contributed by atoms with van der Waals surface area (Å²) in [4.78, 5) is 24.7. The van der Waals surface area contributed by atoms with Crippen LogP contribution in [-0.4, -0.2) is 63.6 Å². The third-order valence-corrected chi connectivity index (χ3v) is 5.40. The van der Waals surface area contributed by atoms with Crippen molar-refractivity contribution in [3.63, 3.8) is 0 Å². The van der Waals surface area contributed by atoms with Crippen LogP contribution in [0.15, 0.2) is 28.9 Å². The van der Waals surface area contributed by atoms with Crippen LogP contribution >= 0.6 is 0 Å². The minimum Gasteiger partial charge on any atom is -0.424 e. The van der Waals surface area contributed by atoms with Crippen molar-refractivity contribution in [1.29, 1.82) is 0 Å². The fourth-order valence-electron chi connectivity index (χ4n) is 3.71. The highest BCUT2D eigenvalue weighted by molar-refractivity contribution is 5.99. The standard InChI is InChI=1S/C23H30N8O4/c1-2-33-11-12-34-10-7-18(32)26-8-3-4-9-31-22-19(21(24)27-14-28-22)20(30-31)15-5-6-17-16(13-15)29-23(25)35-17/h5-6,13-14H,2-4,7-12H2,1H3,(H2,25,29)(H,26,32)(H2,24,27,28). The van der Waals surface area contributed by atoms with E-state index in [9.17, 15) is 4.79 Å². The maximum atomic E-state index is 11.9. The number of unbranched alkanes of at least 4 members (excludes halogenated alkanes) is 1. The topological polar surface area (TPSA) is 169 Å². The summed E-state index contributed by atoms with van der Waals surface area (Å²) in [5, 5.41) is 8.37. The fraction of sp³-hybridized carbons (Fsp3) is 0.435. The molecule has 186 valence electrons. The molecule has 4 rings (SSSR count). The number of rotatable bonds is 13. The van der Waals surface area contributed by atoms with Gasteiger partial charge in [0.15, 0.2) is 11.2 Å². The van der Waals surface area contributed by atoms with Gasteiger partial charge in [-0.2, -0.15) is 10.1 Å². The van der Waals surface area contributed by atoms with Crippen LogP contribution in [0.5, 0.6) is 0 Å². The summed E-state index contributed by atoms with van der Waals surface area (Å²) >= 11 is 0. The van der Waals surface area contributed by atoms with Crippen molar-refractivity contribution < 1.29 is 18.7 Å². The molecule has 1 aromatic carbocycles. The van der Waals surface area contributed by atoms with E-state index in [1.54, 1.807) is 6.07 Å². The molecule has 5 N–H and O–H groups in total. The maximum absolute atomic E-state index is 11.9.